The van der Waals surface area contributed by atoms with Crippen LogP contribution < -0.4 is 0 Å². The minimum atomic E-state index is 0.144. The lowest BCUT2D eigenvalue weighted by molar-refractivity contribution is 0.895. The summed E-state index contributed by atoms with van der Waals surface area (Å²) >= 11 is 0. The molecule has 0 N–H and O–H groups in total. The first-order chi connectivity index (χ1) is 8.93. The van der Waals surface area contributed by atoms with Gasteiger partial charge in [-0.05, 0) is 18.1 Å². The van der Waals surface area contributed by atoms with Crippen LogP contribution in [0.25, 0.3) is 5.70 Å². The van der Waals surface area contributed by atoms with Crippen LogP contribution >= 0.6 is 0 Å². The van der Waals surface area contributed by atoms with Gasteiger partial charge >= 0.3 is 0 Å². The Balaban J connectivity index is 0.000000574. The summed E-state index contributed by atoms with van der Waals surface area (Å²) in [7, 11) is 0. The Bertz CT molecular complexity index is 507. The summed E-state index contributed by atoms with van der Waals surface area (Å²) in [5, 5.41) is 8.55. The van der Waals surface area contributed by atoms with E-state index in [4.69, 9.17) is 0 Å². The topological polar surface area (TPSA) is 24.7 Å². The second-order valence-corrected chi connectivity index (χ2v) is 3.95. The molecule has 0 bridgehead atoms. The normalized spacial score (nSPS) is 20.2. The van der Waals surface area contributed by atoms with Crippen LogP contribution in [0, 0.1) is 0 Å². The molecule has 3 rings (SSSR count). The van der Waals surface area contributed by atoms with Gasteiger partial charge in [-0.25, -0.2) is 0 Å². The largest absolute Gasteiger partial charge is 0.176 e. The predicted molar refractivity (Wildman–Crippen MR) is 76.3 cm³/mol. The van der Waals surface area contributed by atoms with Gasteiger partial charge in [0.2, 0.25) is 0 Å². The van der Waals surface area contributed by atoms with E-state index in [1.807, 2.05) is 32.0 Å². The Morgan fingerprint density at radius 2 is 1.89 bits per heavy atom. The molecule has 1 aliphatic heterocycles. The van der Waals surface area contributed by atoms with Crippen molar-refractivity contribution >= 4 is 5.70 Å². The molecule has 0 radical (unpaired) electrons. The van der Waals surface area contributed by atoms with Crippen molar-refractivity contribution in [3.8, 4) is 0 Å². The van der Waals surface area contributed by atoms with Crippen molar-refractivity contribution in [2.75, 3.05) is 0 Å². The monoisotopic (exact) mass is 238 g/mol. The highest BCUT2D eigenvalue weighted by molar-refractivity contribution is 5.67. The number of allylic oxidation sites excluding steroid dienone is 3. The van der Waals surface area contributed by atoms with E-state index in [0.717, 1.165) is 17.7 Å². The number of hydrogen-bond donors (Lipinski definition) is 0. The summed E-state index contributed by atoms with van der Waals surface area (Å²) in [6.07, 6.45) is 9.50. The van der Waals surface area contributed by atoms with E-state index in [0.29, 0.717) is 0 Å². The van der Waals surface area contributed by atoms with E-state index in [9.17, 15) is 0 Å². The number of nitrogens with zero attached hydrogens (tertiary/aromatic N) is 2. The van der Waals surface area contributed by atoms with E-state index in [1.54, 1.807) is 0 Å². The van der Waals surface area contributed by atoms with Crippen LogP contribution in [0.4, 0.5) is 0 Å². The smallest absolute Gasteiger partial charge is 0.113 e. The quantitative estimate of drug-likeness (QED) is 0.708. The van der Waals surface area contributed by atoms with Crippen molar-refractivity contribution < 1.29 is 0 Å². The summed E-state index contributed by atoms with van der Waals surface area (Å²) in [5.74, 6) is 0. The average molecular weight is 238 g/mol. The zero-order valence-corrected chi connectivity index (χ0v) is 10.9. The number of rotatable bonds is 2. The number of azo groups is 1. The maximum absolute atomic E-state index is 4.30. The second-order valence-electron chi connectivity index (χ2n) is 3.95. The molecule has 18 heavy (non-hydrogen) atoms. The van der Waals surface area contributed by atoms with Crippen molar-refractivity contribution in [1.29, 1.82) is 0 Å². The maximum Gasteiger partial charge on any atom is 0.113 e. The third kappa shape index (κ3) is 2.65. The predicted octanol–water partition coefficient (Wildman–Crippen LogP) is 4.77. The van der Waals surface area contributed by atoms with E-state index in [1.165, 1.54) is 5.57 Å². The Hall–Kier alpha value is -1.96. The lowest BCUT2D eigenvalue weighted by Gasteiger charge is -2.02. The van der Waals surface area contributed by atoms with Gasteiger partial charge in [-0.15, -0.1) is 0 Å². The van der Waals surface area contributed by atoms with Crippen LogP contribution in [0.5, 0.6) is 0 Å². The van der Waals surface area contributed by atoms with Crippen LogP contribution in [0.1, 0.15) is 25.8 Å². The fourth-order valence-corrected chi connectivity index (χ4v) is 1.97. The van der Waals surface area contributed by atoms with E-state index >= 15 is 0 Å². The Morgan fingerprint density at radius 3 is 2.56 bits per heavy atom. The van der Waals surface area contributed by atoms with Crippen molar-refractivity contribution in [1.82, 2.24) is 0 Å². The summed E-state index contributed by atoms with van der Waals surface area (Å²) in [4.78, 5) is 0. The second kappa shape index (κ2) is 6.10. The molecule has 92 valence electrons. The van der Waals surface area contributed by atoms with Gasteiger partial charge in [0.15, 0.2) is 0 Å². The molecule has 1 atom stereocenters. The zero-order chi connectivity index (χ0) is 12.8. The number of benzene rings is 1. The minimum absolute atomic E-state index is 0.144. The molecular formula is C16H18N2. The van der Waals surface area contributed by atoms with E-state index < -0.39 is 0 Å². The zero-order valence-electron chi connectivity index (χ0n) is 10.9. The summed E-state index contributed by atoms with van der Waals surface area (Å²) < 4.78 is 0. The van der Waals surface area contributed by atoms with Crippen LogP contribution in [0.15, 0.2) is 70.4 Å². The van der Waals surface area contributed by atoms with Gasteiger partial charge in [0.1, 0.15) is 6.04 Å². The number of hydrogen-bond acceptors (Lipinski definition) is 2. The highest BCUT2D eigenvalue weighted by Gasteiger charge is 2.18. The van der Waals surface area contributed by atoms with Crippen molar-refractivity contribution in [2.45, 2.75) is 26.3 Å². The molecule has 2 aliphatic rings. The first kappa shape index (κ1) is 12.5. The highest BCUT2D eigenvalue weighted by atomic mass is 15.2. The van der Waals surface area contributed by atoms with Gasteiger partial charge in [-0.2, -0.15) is 10.2 Å². The average Bonchev–Trinajstić information content (AvgIpc) is 3.13. The van der Waals surface area contributed by atoms with Gasteiger partial charge in [0.05, 0.1) is 5.70 Å². The fourth-order valence-electron chi connectivity index (χ4n) is 1.97. The van der Waals surface area contributed by atoms with Crippen molar-refractivity contribution in [3.05, 3.63) is 65.8 Å². The van der Waals surface area contributed by atoms with Crippen LogP contribution in [-0.2, 0) is 0 Å². The first-order valence-electron chi connectivity index (χ1n) is 6.47. The molecule has 1 aromatic rings. The third-order valence-electron chi connectivity index (χ3n) is 2.86. The van der Waals surface area contributed by atoms with Gasteiger partial charge in [0.25, 0.3) is 0 Å². The molecule has 0 amide bonds. The molecule has 0 aromatic heterocycles. The standard InChI is InChI=1S/C14H12N2.C2H6/c1-2-6-11(7-3-1)13-10-14(16-15-13)12-8-4-5-9-12;1-2/h1-8,10,14H,9H2;1-2H3. The fraction of sp³-hybridized carbons (Fsp3) is 0.250. The molecule has 1 heterocycles. The Labute approximate surface area is 108 Å². The van der Waals surface area contributed by atoms with Crippen LogP contribution in [0.3, 0.4) is 0 Å². The Morgan fingerprint density at radius 1 is 1.11 bits per heavy atom. The van der Waals surface area contributed by atoms with Crippen molar-refractivity contribution in [3.63, 3.8) is 0 Å². The van der Waals surface area contributed by atoms with Crippen LogP contribution in [0.2, 0.25) is 0 Å². The van der Waals surface area contributed by atoms with Gasteiger partial charge in [-0.3, -0.25) is 0 Å². The molecular weight excluding hydrogens is 220 g/mol. The molecule has 0 saturated carbocycles. The molecule has 1 aliphatic carbocycles. The molecule has 1 aromatic carbocycles. The summed E-state index contributed by atoms with van der Waals surface area (Å²) in [6, 6.07) is 10.3. The molecule has 0 spiro atoms. The SMILES string of the molecule is C1=CCC(C2C=C(c3ccccc3)N=N2)=C1.CC. The summed E-state index contributed by atoms with van der Waals surface area (Å²) in [6.45, 7) is 4.00. The first-order valence-corrected chi connectivity index (χ1v) is 6.47. The lowest BCUT2D eigenvalue weighted by atomic mass is 10.0. The van der Waals surface area contributed by atoms with Crippen molar-refractivity contribution in [2.24, 2.45) is 10.2 Å². The van der Waals surface area contributed by atoms with Gasteiger partial charge in [0, 0.05) is 5.56 Å². The Kier molecular flexibility index (Phi) is 4.24. The summed E-state index contributed by atoms with van der Waals surface area (Å²) in [5.41, 5.74) is 3.45. The van der Waals surface area contributed by atoms with Gasteiger partial charge < -0.3 is 0 Å². The molecule has 2 nitrogen and oxygen atoms in total. The third-order valence-corrected chi connectivity index (χ3v) is 2.86. The van der Waals surface area contributed by atoms with Crippen LogP contribution in [-0.4, -0.2) is 6.04 Å². The highest BCUT2D eigenvalue weighted by Crippen LogP contribution is 2.29. The molecule has 0 fully saturated rings. The minimum Gasteiger partial charge on any atom is -0.176 e. The molecule has 0 saturated heterocycles. The molecule has 1 unspecified atom stereocenters. The van der Waals surface area contributed by atoms with E-state index in [-0.39, 0.29) is 6.04 Å². The maximum atomic E-state index is 4.30. The molecule has 2 heteroatoms. The van der Waals surface area contributed by atoms with E-state index in [2.05, 4.69) is 46.7 Å². The van der Waals surface area contributed by atoms with Gasteiger partial charge in [-0.1, -0.05) is 62.4 Å². The lowest BCUT2D eigenvalue weighted by Crippen LogP contribution is -1.99.